The minimum atomic E-state index is -1.14. The van der Waals surface area contributed by atoms with Crippen LogP contribution in [0.15, 0.2) is 30.3 Å². The van der Waals surface area contributed by atoms with E-state index in [4.69, 9.17) is 0 Å². The molecule has 0 aromatic heterocycles. The van der Waals surface area contributed by atoms with E-state index >= 15 is 0 Å². The standard InChI is InChI=1S/C16H21NO3/c1-15(2)9-10-17(16(15,3)14(19)20)13(18)11-12-7-5-4-6-8-12/h4-8H,9-11H2,1-3H3,(H,19,20)/t16-/m1/s1. The molecule has 1 heterocycles. The minimum absolute atomic E-state index is 0.119. The van der Waals surface area contributed by atoms with E-state index in [2.05, 4.69) is 0 Å². The number of carbonyl (C=O) groups is 2. The van der Waals surface area contributed by atoms with Crippen LogP contribution >= 0.6 is 0 Å². The van der Waals surface area contributed by atoms with E-state index < -0.39 is 16.9 Å². The largest absolute Gasteiger partial charge is 0.479 e. The number of benzene rings is 1. The van der Waals surface area contributed by atoms with Crippen LogP contribution in [0.2, 0.25) is 0 Å². The average molecular weight is 275 g/mol. The third-order valence-electron chi connectivity index (χ3n) is 4.73. The molecule has 0 aliphatic carbocycles. The second-order valence-electron chi connectivity index (χ2n) is 6.22. The fourth-order valence-corrected chi connectivity index (χ4v) is 2.87. The van der Waals surface area contributed by atoms with Crippen LogP contribution in [-0.4, -0.2) is 34.0 Å². The molecule has 1 aliphatic heterocycles. The quantitative estimate of drug-likeness (QED) is 0.921. The van der Waals surface area contributed by atoms with Crippen molar-refractivity contribution >= 4 is 11.9 Å². The first-order valence-electron chi connectivity index (χ1n) is 6.87. The summed E-state index contributed by atoms with van der Waals surface area (Å²) < 4.78 is 0. The average Bonchev–Trinajstić information content (AvgIpc) is 2.63. The predicted molar refractivity (Wildman–Crippen MR) is 76.3 cm³/mol. The first-order valence-corrected chi connectivity index (χ1v) is 6.87. The number of likely N-dealkylation sites (tertiary alicyclic amines) is 1. The van der Waals surface area contributed by atoms with E-state index in [9.17, 15) is 14.7 Å². The Labute approximate surface area is 119 Å². The van der Waals surface area contributed by atoms with Gasteiger partial charge in [0.1, 0.15) is 5.54 Å². The van der Waals surface area contributed by atoms with Crippen molar-refractivity contribution in [2.24, 2.45) is 5.41 Å². The lowest BCUT2D eigenvalue weighted by atomic mass is 9.74. The van der Waals surface area contributed by atoms with Crippen LogP contribution in [0.1, 0.15) is 32.8 Å². The van der Waals surface area contributed by atoms with Crippen molar-refractivity contribution in [1.82, 2.24) is 4.90 Å². The normalized spacial score (nSPS) is 24.6. The number of aliphatic carboxylic acids is 1. The Morgan fingerprint density at radius 3 is 2.35 bits per heavy atom. The monoisotopic (exact) mass is 275 g/mol. The maximum absolute atomic E-state index is 12.5. The van der Waals surface area contributed by atoms with Gasteiger partial charge < -0.3 is 10.0 Å². The van der Waals surface area contributed by atoms with Crippen molar-refractivity contribution in [2.45, 2.75) is 39.2 Å². The highest BCUT2D eigenvalue weighted by molar-refractivity contribution is 5.89. The summed E-state index contributed by atoms with van der Waals surface area (Å²) in [5.74, 6) is -1.05. The second kappa shape index (κ2) is 4.93. The van der Waals surface area contributed by atoms with Gasteiger partial charge in [-0.3, -0.25) is 4.79 Å². The van der Waals surface area contributed by atoms with Crippen molar-refractivity contribution in [3.05, 3.63) is 35.9 Å². The van der Waals surface area contributed by atoms with E-state index in [-0.39, 0.29) is 12.3 Å². The van der Waals surface area contributed by atoms with E-state index in [1.807, 2.05) is 44.2 Å². The molecule has 0 radical (unpaired) electrons. The van der Waals surface area contributed by atoms with Gasteiger partial charge in [0.05, 0.1) is 6.42 Å². The van der Waals surface area contributed by atoms with Crippen LogP contribution in [0.3, 0.4) is 0 Å². The van der Waals surface area contributed by atoms with Gasteiger partial charge in [-0.25, -0.2) is 4.79 Å². The molecule has 20 heavy (non-hydrogen) atoms. The number of carboxylic acid groups (broad SMARTS) is 1. The molecule has 0 saturated carbocycles. The number of rotatable bonds is 3. The van der Waals surface area contributed by atoms with Crippen LogP contribution in [-0.2, 0) is 16.0 Å². The first kappa shape index (κ1) is 14.6. The molecule has 1 aromatic rings. The molecule has 108 valence electrons. The Bertz CT molecular complexity index is 524. The van der Waals surface area contributed by atoms with Gasteiger partial charge in [-0.1, -0.05) is 44.2 Å². The maximum Gasteiger partial charge on any atom is 0.329 e. The fourth-order valence-electron chi connectivity index (χ4n) is 2.87. The molecule has 0 bridgehead atoms. The molecule has 0 spiro atoms. The fraction of sp³-hybridized carbons (Fsp3) is 0.500. The molecule has 2 rings (SSSR count). The van der Waals surface area contributed by atoms with Crippen molar-refractivity contribution in [3.63, 3.8) is 0 Å². The molecule has 1 aromatic carbocycles. The molecular weight excluding hydrogens is 254 g/mol. The molecule has 4 nitrogen and oxygen atoms in total. The lowest BCUT2D eigenvalue weighted by Crippen LogP contribution is -2.57. The van der Waals surface area contributed by atoms with Gasteiger partial charge in [0.15, 0.2) is 0 Å². The van der Waals surface area contributed by atoms with Gasteiger partial charge in [0.25, 0.3) is 0 Å². The summed E-state index contributed by atoms with van der Waals surface area (Å²) in [6.07, 6.45) is 0.954. The highest BCUT2D eigenvalue weighted by Gasteiger charge is 2.57. The lowest BCUT2D eigenvalue weighted by molar-refractivity contribution is -0.160. The van der Waals surface area contributed by atoms with Crippen molar-refractivity contribution in [2.75, 3.05) is 6.54 Å². The van der Waals surface area contributed by atoms with Crippen LogP contribution < -0.4 is 0 Å². The van der Waals surface area contributed by atoms with Crippen molar-refractivity contribution in [3.8, 4) is 0 Å². The van der Waals surface area contributed by atoms with E-state index in [0.29, 0.717) is 13.0 Å². The van der Waals surface area contributed by atoms with E-state index in [0.717, 1.165) is 5.56 Å². The topological polar surface area (TPSA) is 57.6 Å². The summed E-state index contributed by atoms with van der Waals surface area (Å²) in [6, 6.07) is 9.43. The number of carbonyl (C=O) groups excluding carboxylic acids is 1. The molecule has 1 atom stereocenters. The van der Waals surface area contributed by atoms with Gasteiger partial charge in [0.2, 0.25) is 5.91 Å². The molecule has 0 unspecified atom stereocenters. The SMILES string of the molecule is CC1(C)CCN(C(=O)Cc2ccccc2)[C@]1(C)C(=O)O. The maximum atomic E-state index is 12.5. The summed E-state index contributed by atoms with van der Waals surface area (Å²) in [4.78, 5) is 25.7. The van der Waals surface area contributed by atoms with Crippen LogP contribution in [0.5, 0.6) is 0 Å². The lowest BCUT2D eigenvalue weighted by Gasteiger charge is -2.40. The third kappa shape index (κ3) is 2.19. The third-order valence-corrected chi connectivity index (χ3v) is 4.73. The zero-order valence-electron chi connectivity index (χ0n) is 12.2. The van der Waals surface area contributed by atoms with Gasteiger partial charge in [0, 0.05) is 12.0 Å². The Morgan fingerprint density at radius 2 is 1.80 bits per heavy atom. The molecule has 1 N–H and O–H groups in total. The number of nitrogens with zero attached hydrogens (tertiary/aromatic N) is 1. The van der Waals surface area contributed by atoms with E-state index in [1.54, 1.807) is 6.92 Å². The van der Waals surface area contributed by atoms with Crippen molar-refractivity contribution in [1.29, 1.82) is 0 Å². The summed E-state index contributed by atoms with van der Waals surface area (Å²) in [6.45, 7) is 5.99. The Balaban J connectivity index is 2.24. The Kier molecular flexibility index (Phi) is 3.59. The van der Waals surface area contributed by atoms with Gasteiger partial charge in [-0.2, -0.15) is 0 Å². The Morgan fingerprint density at radius 1 is 1.20 bits per heavy atom. The molecular formula is C16H21NO3. The summed E-state index contributed by atoms with van der Waals surface area (Å²) in [5, 5.41) is 9.60. The van der Waals surface area contributed by atoms with Crippen LogP contribution in [0, 0.1) is 5.41 Å². The van der Waals surface area contributed by atoms with Gasteiger partial charge in [-0.05, 0) is 18.9 Å². The predicted octanol–water partition coefficient (Wildman–Crippen LogP) is 2.33. The number of carboxylic acids is 1. The molecule has 1 aliphatic rings. The highest BCUT2D eigenvalue weighted by atomic mass is 16.4. The molecule has 1 amide bonds. The number of amides is 1. The van der Waals surface area contributed by atoms with Gasteiger partial charge >= 0.3 is 5.97 Å². The zero-order chi connectivity index (χ0) is 15.0. The molecule has 1 saturated heterocycles. The van der Waals surface area contributed by atoms with Crippen LogP contribution in [0.25, 0.3) is 0 Å². The summed E-state index contributed by atoms with van der Waals surface area (Å²) in [5.41, 5.74) is -0.653. The Hall–Kier alpha value is -1.84. The van der Waals surface area contributed by atoms with E-state index in [1.165, 1.54) is 4.90 Å². The highest BCUT2D eigenvalue weighted by Crippen LogP contribution is 2.45. The first-order chi connectivity index (χ1) is 9.29. The van der Waals surface area contributed by atoms with Crippen LogP contribution in [0.4, 0.5) is 0 Å². The minimum Gasteiger partial charge on any atom is -0.479 e. The molecule has 4 heteroatoms. The second-order valence-corrected chi connectivity index (χ2v) is 6.22. The number of hydrogen-bond donors (Lipinski definition) is 1. The number of hydrogen-bond acceptors (Lipinski definition) is 2. The molecule has 1 fully saturated rings. The summed E-state index contributed by atoms with van der Waals surface area (Å²) in [7, 11) is 0. The summed E-state index contributed by atoms with van der Waals surface area (Å²) >= 11 is 0. The zero-order valence-corrected chi connectivity index (χ0v) is 12.2. The van der Waals surface area contributed by atoms with Crippen molar-refractivity contribution < 1.29 is 14.7 Å². The smallest absolute Gasteiger partial charge is 0.329 e. The van der Waals surface area contributed by atoms with Gasteiger partial charge in [-0.15, -0.1) is 0 Å².